The molecule has 0 aromatic heterocycles. The molecule has 1 aliphatic carbocycles. The van der Waals surface area contributed by atoms with E-state index >= 15 is 0 Å². The molecule has 0 aliphatic heterocycles. The molecule has 0 bridgehead atoms. The molecule has 3 aromatic rings. The van der Waals surface area contributed by atoms with Crippen molar-refractivity contribution < 1.29 is 27.5 Å². The number of carbonyl (C=O) groups excluding carboxylic acids is 3. The number of halogens is 1. The monoisotopic (exact) mass is 644 g/mol. The molecule has 1 saturated carbocycles. The van der Waals surface area contributed by atoms with Gasteiger partial charge in [0.05, 0.1) is 15.6 Å². The number of anilines is 2. The van der Waals surface area contributed by atoms with E-state index in [1.54, 1.807) is 43.3 Å². The molecule has 2 amide bonds. The Labute approximate surface area is 266 Å². The van der Waals surface area contributed by atoms with Crippen molar-refractivity contribution in [1.29, 1.82) is 10.5 Å². The van der Waals surface area contributed by atoms with Gasteiger partial charge >= 0.3 is 6.09 Å². The summed E-state index contributed by atoms with van der Waals surface area (Å²) in [6.45, 7) is 1.77. The molecule has 1 fully saturated rings. The molecule has 0 radical (unpaired) electrons. The quantitative estimate of drug-likeness (QED) is 0.162. The van der Waals surface area contributed by atoms with Gasteiger partial charge in [0.2, 0.25) is 11.9 Å². The van der Waals surface area contributed by atoms with E-state index in [1.807, 2.05) is 12.1 Å². The molecule has 12 heteroatoms. The second kappa shape index (κ2) is 14.2. The lowest BCUT2D eigenvalue weighted by molar-refractivity contribution is -0.122. The predicted molar refractivity (Wildman–Crippen MR) is 169 cm³/mol. The summed E-state index contributed by atoms with van der Waals surface area (Å²) in [6.07, 6.45) is 2.73. The molecular weight excluding hydrogens is 616 g/mol. The van der Waals surface area contributed by atoms with E-state index in [2.05, 4.69) is 5.32 Å². The number of hydrogen-bond acceptors (Lipinski definition) is 8. The van der Waals surface area contributed by atoms with Crippen molar-refractivity contribution in [2.24, 2.45) is 0 Å². The lowest BCUT2D eigenvalue weighted by Crippen LogP contribution is -2.46. The maximum Gasteiger partial charge on any atom is 0.415 e. The molecule has 1 unspecified atom stereocenters. The van der Waals surface area contributed by atoms with Crippen LogP contribution >= 0.6 is 11.6 Å². The molecule has 1 aliphatic rings. The van der Waals surface area contributed by atoms with E-state index in [0.717, 1.165) is 19.1 Å². The van der Waals surface area contributed by atoms with Gasteiger partial charge in [0.25, 0.3) is 5.91 Å². The minimum atomic E-state index is -3.57. The van der Waals surface area contributed by atoms with E-state index in [-0.39, 0.29) is 32.8 Å². The Morgan fingerprint density at radius 1 is 1.02 bits per heavy atom. The number of carbonyl (C=O) groups is 3. The molecule has 45 heavy (non-hydrogen) atoms. The summed E-state index contributed by atoms with van der Waals surface area (Å²) in [6, 6.07) is 20.1. The largest absolute Gasteiger partial charge is 0.427 e. The standard InChI is InChI=1S/C33H29ClN4O6S/c1-21-16-26(13-12-24(21)17-22(19-35)20-36)38(25-10-6-7-11-25)33(41)44-31(30(39)23-8-4-3-5-9-23)32(40)37-29-15-14-27(18-28(29)34)45(2,42)43/h3-5,8-9,12-18,25,31H,6-7,10-11H2,1-2H3,(H,37,40). The zero-order valence-electron chi connectivity index (χ0n) is 24.5. The van der Waals surface area contributed by atoms with Gasteiger partial charge in [0, 0.05) is 23.5 Å². The topological polar surface area (TPSA) is 157 Å². The van der Waals surface area contributed by atoms with Gasteiger partial charge in [-0.2, -0.15) is 10.5 Å². The van der Waals surface area contributed by atoms with Gasteiger partial charge in [0.1, 0.15) is 17.7 Å². The van der Waals surface area contributed by atoms with E-state index in [4.69, 9.17) is 26.9 Å². The Hall–Kier alpha value is -4.97. The van der Waals surface area contributed by atoms with Crippen LogP contribution in [0.2, 0.25) is 5.02 Å². The van der Waals surface area contributed by atoms with Gasteiger partial charge in [-0.1, -0.05) is 60.8 Å². The van der Waals surface area contributed by atoms with E-state index < -0.39 is 33.7 Å². The minimum absolute atomic E-state index is 0.0250. The zero-order chi connectivity index (χ0) is 32.7. The zero-order valence-corrected chi connectivity index (χ0v) is 26.1. The molecule has 3 aromatic carbocycles. The first-order valence-electron chi connectivity index (χ1n) is 13.9. The Kier molecular flexibility index (Phi) is 10.4. The van der Waals surface area contributed by atoms with Crippen molar-refractivity contribution in [3.05, 3.63) is 94.0 Å². The third-order valence-electron chi connectivity index (χ3n) is 7.34. The fourth-order valence-electron chi connectivity index (χ4n) is 5.01. The first-order valence-corrected chi connectivity index (χ1v) is 16.2. The highest BCUT2D eigenvalue weighted by molar-refractivity contribution is 7.90. The van der Waals surface area contributed by atoms with Crippen LogP contribution in [0.1, 0.15) is 47.2 Å². The third-order valence-corrected chi connectivity index (χ3v) is 8.76. The van der Waals surface area contributed by atoms with Crippen LogP contribution in [0, 0.1) is 29.6 Å². The average Bonchev–Trinajstić information content (AvgIpc) is 3.54. The lowest BCUT2D eigenvalue weighted by Gasteiger charge is -2.30. The van der Waals surface area contributed by atoms with Crippen LogP contribution in [0.25, 0.3) is 6.08 Å². The maximum atomic E-state index is 13.9. The van der Waals surface area contributed by atoms with Crippen molar-refractivity contribution in [3.8, 4) is 12.1 Å². The number of aryl methyl sites for hydroxylation is 1. The normalized spacial score (nSPS) is 13.5. The number of sulfone groups is 1. The minimum Gasteiger partial charge on any atom is -0.427 e. The van der Waals surface area contributed by atoms with Gasteiger partial charge < -0.3 is 10.1 Å². The molecule has 4 rings (SSSR count). The van der Waals surface area contributed by atoms with Crippen LogP contribution in [-0.4, -0.2) is 44.6 Å². The summed E-state index contributed by atoms with van der Waals surface area (Å²) in [5.74, 6) is -1.75. The van der Waals surface area contributed by atoms with Crippen molar-refractivity contribution in [2.45, 2.75) is 49.6 Å². The number of ketones is 1. The number of allylic oxidation sites excluding steroid dienone is 1. The van der Waals surface area contributed by atoms with Gasteiger partial charge in [-0.15, -0.1) is 0 Å². The fraction of sp³-hybridized carbons (Fsp3) is 0.242. The fourth-order valence-corrected chi connectivity index (χ4v) is 5.95. The van der Waals surface area contributed by atoms with Crippen molar-refractivity contribution >= 4 is 56.7 Å². The number of nitrogens with zero attached hydrogens (tertiary/aromatic N) is 3. The summed E-state index contributed by atoms with van der Waals surface area (Å²) >= 11 is 6.26. The van der Waals surface area contributed by atoms with Gasteiger partial charge in [0.15, 0.2) is 9.84 Å². The van der Waals surface area contributed by atoms with Crippen molar-refractivity contribution in [2.75, 3.05) is 16.5 Å². The Morgan fingerprint density at radius 2 is 1.69 bits per heavy atom. The molecule has 0 saturated heterocycles. The molecule has 230 valence electrons. The second-order valence-corrected chi connectivity index (χ2v) is 13.0. The molecule has 0 spiro atoms. The summed E-state index contributed by atoms with van der Waals surface area (Å²) in [7, 11) is -3.57. The summed E-state index contributed by atoms with van der Waals surface area (Å²) in [5.41, 5.74) is 1.85. The number of amides is 2. The first kappa shape index (κ1) is 32.9. The third kappa shape index (κ3) is 7.95. The SMILES string of the molecule is Cc1cc(N(C(=O)OC(C(=O)Nc2ccc(S(C)(=O)=O)cc2Cl)C(=O)c2ccccc2)C2CCCC2)ccc1C=C(C#N)C#N. The van der Waals surface area contributed by atoms with E-state index in [9.17, 15) is 22.8 Å². The number of rotatable bonds is 9. The van der Waals surface area contributed by atoms with Crippen LogP contribution in [0.4, 0.5) is 16.2 Å². The Bertz CT molecular complexity index is 1840. The molecule has 10 nitrogen and oxygen atoms in total. The average molecular weight is 645 g/mol. The number of Topliss-reactive ketones (excluding diaryl/α,β-unsaturated/α-hetero) is 1. The second-order valence-electron chi connectivity index (χ2n) is 10.5. The Balaban J connectivity index is 1.69. The van der Waals surface area contributed by atoms with Crippen LogP contribution in [0.15, 0.2) is 77.2 Å². The number of benzene rings is 3. The Morgan fingerprint density at radius 3 is 2.27 bits per heavy atom. The number of nitriles is 2. The molecular formula is C33H29ClN4O6S. The summed E-state index contributed by atoms with van der Waals surface area (Å²) in [4.78, 5) is 42.4. The number of nitrogens with one attached hydrogen (secondary N) is 1. The van der Waals surface area contributed by atoms with E-state index in [0.29, 0.717) is 29.7 Å². The van der Waals surface area contributed by atoms with Gasteiger partial charge in [-0.25, -0.2) is 13.2 Å². The first-order chi connectivity index (χ1) is 21.4. The molecule has 1 N–H and O–H groups in total. The molecule has 1 atom stereocenters. The highest BCUT2D eigenvalue weighted by Gasteiger charge is 2.37. The van der Waals surface area contributed by atoms with Crippen molar-refractivity contribution in [3.63, 3.8) is 0 Å². The summed E-state index contributed by atoms with van der Waals surface area (Å²) in [5, 5.41) is 20.7. The lowest BCUT2D eigenvalue weighted by atomic mass is 10.0. The predicted octanol–water partition coefficient (Wildman–Crippen LogP) is 6.26. The molecule has 0 heterocycles. The van der Waals surface area contributed by atoms with E-state index in [1.165, 1.54) is 41.3 Å². The van der Waals surface area contributed by atoms with Crippen LogP contribution in [0.3, 0.4) is 0 Å². The smallest absolute Gasteiger partial charge is 0.415 e. The maximum absolute atomic E-state index is 13.9. The number of ether oxygens (including phenoxy) is 1. The highest BCUT2D eigenvalue weighted by atomic mass is 35.5. The van der Waals surface area contributed by atoms with Crippen LogP contribution < -0.4 is 10.2 Å². The van der Waals surface area contributed by atoms with Crippen LogP contribution in [0.5, 0.6) is 0 Å². The van der Waals surface area contributed by atoms with Gasteiger partial charge in [-0.3, -0.25) is 14.5 Å². The van der Waals surface area contributed by atoms with Crippen molar-refractivity contribution in [1.82, 2.24) is 0 Å². The number of hydrogen-bond donors (Lipinski definition) is 1. The van der Waals surface area contributed by atoms with Crippen LogP contribution in [-0.2, 0) is 19.4 Å². The summed E-state index contributed by atoms with van der Waals surface area (Å²) < 4.78 is 29.5. The highest BCUT2D eigenvalue weighted by Crippen LogP contribution is 2.32. The van der Waals surface area contributed by atoms with Gasteiger partial charge in [-0.05, 0) is 67.3 Å².